The first-order chi connectivity index (χ1) is 17.0. The fourth-order valence-electron chi connectivity index (χ4n) is 3.94. The minimum absolute atomic E-state index is 0.0207. The predicted octanol–water partition coefficient (Wildman–Crippen LogP) is 3.87. The van der Waals surface area contributed by atoms with Crippen LogP contribution in [0.2, 0.25) is 0 Å². The minimum Gasteiger partial charge on any atom is -0.475 e. The zero-order valence-electron chi connectivity index (χ0n) is 20.2. The van der Waals surface area contributed by atoms with Crippen molar-refractivity contribution < 1.29 is 27.9 Å². The molecule has 1 aliphatic rings. The van der Waals surface area contributed by atoms with E-state index in [1.54, 1.807) is 11.1 Å². The van der Waals surface area contributed by atoms with Gasteiger partial charge >= 0.3 is 12.1 Å². The third-order valence-corrected chi connectivity index (χ3v) is 5.69. The minimum atomic E-state index is -5.08. The lowest BCUT2D eigenvalue weighted by atomic mass is 10.1. The van der Waals surface area contributed by atoms with Gasteiger partial charge in [0.25, 0.3) is 5.91 Å². The molecular weight excluding hydrogens is 475 g/mol. The van der Waals surface area contributed by atoms with Crippen LogP contribution in [-0.4, -0.2) is 69.5 Å². The number of carbonyl (C=O) groups is 2. The Hall–Kier alpha value is -3.73. The van der Waals surface area contributed by atoms with E-state index < -0.39 is 12.1 Å². The van der Waals surface area contributed by atoms with Crippen LogP contribution in [-0.2, 0) is 4.79 Å². The quantitative estimate of drug-likeness (QED) is 0.549. The van der Waals surface area contributed by atoms with Crippen molar-refractivity contribution in [2.75, 3.05) is 26.7 Å². The van der Waals surface area contributed by atoms with E-state index in [2.05, 4.69) is 27.5 Å². The van der Waals surface area contributed by atoms with Gasteiger partial charge in [-0.15, -0.1) is 0 Å². The first kappa shape index (κ1) is 26.9. The van der Waals surface area contributed by atoms with Gasteiger partial charge in [0.1, 0.15) is 0 Å². The summed E-state index contributed by atoms with van der Waals surface area (Å²) in [7, 11) is 1.87. The van der Waals surface area contributed by atoms with Crippen molar-refractivity contribution in [3.63, 3.8) is 0 Å². The van der Waals surface area contributed by atoms with E-state index in [0.29, 0.717) is 11.5 Å². The molecule has 4 rings (SSSR count). The van der Waals surface area contributed by atoms with Crippen LogP contribution in [0.25, 0.3) is 16.9 Å². The average Bonchev–Trinajstić information content (AvgIpc) is 3.47. The lowest BCUT2D eigenvalue weighted by Crippen LogP contribution is -2.32. The first-order valence-electron chi connectivity index (χ1n) is 11.3. The van der Waals surface area contributed by atoms with Crippen LogP contribution >= 0.6 is 0 Å². The molecule has 2 N–H and O–H groups in total. The zero-order chi connectivity index (χ0) is 26.5. The number of amides is 1. The van der Waals surface area contributed by atoms with Crippen LogP contribution in [0.1, 0.15) is 28.2 Å². The van der Waals surface area contributed by atoms with Crippen LogP contribution in [0.3, 0.4) is 0 Å². The van der Waals surface area contributed by atoms with Crippen molar-refractivity contribution in [1.29, 1.82) is 0 Å². The number of hydrogen-bond acceptors (Lipinski definition) is 5. The number of aromatic nitrogens is 3. The summed E-state index contributed by atoms with van der Waals surface area (Å²) in [5.41, 5.74) is 5.55. The smallest absolute Gasteiger partial charge is 0.475 e. The van der Waals surface area contributed by atoms with Crippen molar-refractivity contribution >= 4 is 11.9 Å². The number of carboxylic acid groups (broad SMARTS) is 1. The lowest BCUT2D eigenvalue weighted by molar-refractivity contribution is -0.192. The molecule has 0 bridgehead atoms. The molecule has 0 spiro atoms. The normalized spacial score (nSPS) is 15.2. The third kappa shape index (κ3) is 6.91. The molecule has 1 atom stereocenters. The van der Waals surface area contributed by atoms with Gasteiger partial charge in [0.05, 0.1) is 22.6 Å². The highest BCUT2D eigenvalue weighted by Gasteiger charge is 2.38. The lowest BCUT2D eigenvalue weighted by Gasteiger charge is -2.20. The summed E-state index contributed by atoms with van der Waals surface area (Å²) < 4.78 is 33.7. The molecule has 36 heavy (non-hydrogen) atoms. The average molecular weight is 504 g/mol. The molecule has 0 saturated carbocycles. The van der Waals surface area contributed by atoms with Crippen molar-refractivity contribution in [2.45, 2.75) is 26.4 Å². The summed E-state index contributed by atoms with van der Waals surface area (Å²) in [6.45, 7) is 6.84. The molecule has 2 aromatic heterocycles. The van der Waals surface area contributed by atoms with Gasteiger partial charge in [0, 0.05) is 31.0 Å². The number of alkyl halides is 3. The number of nitrogens with one attached hydrogen (secondary N) is 1. The van der Waals surface area contributed by atoms with Crippen LogP contribution < -0.4 is 5.32 Å². The maximum Gasteiger partial charge on any atom is 0.490 e. The third-order valence-electron chi connectivity index (χ3n) is 5.69. The number of hydrogen-bond donors (Lipinski definition) is 2. The number of benzene rings is 1. The Kier molecular flexibility index (Phi) is 8.46. The Morgan fingerprint density at radius 2 is 1.92 bits per heavy atom. The fraction of sp³-hybridized carbons (Fsp3) is 0.360. The molecule has 0 radical (unpaired) electrons. The molecule has 3 heterocycles. The van der Waals surface area contributed by atoms with Crippen molar-refractivity contribution in [3.8, 4) is 16.9 Å². The Bertz CT molecular complexity index is 1200. The van der Waals surface area contributed by atoms with E-state index in [-0.39, 0.29) is 5.91 Å². The second-order valence-corrected chi connectivity index (χ2v) is 8.67. The summed E-state index contributed by atoms with van der Waals surface area (Å²) >= 11 is 0. The van der Waals surface area contributed by atoms with Crippen molar-refractivity contribution in [1.82, 2.24) is 25.0 Å². The first-order valence-corrected chi connectivity index (χ1v) is 11.3. The van der Waals surface area contributed by atoms with Gasteiger partial charge in [0.15, 0.2) is 0 Å². The second-order valence-electron chi connectivity index (χ2n) is 8.67. The monoisotopic (exact) mass is 503 g/mol. The molecule has 0 aliphatic carbocycles. The predicted molar refractivity (Wildman–Crippen MR) is 128 cm³/mol. The molecule has 1 fully saturated rings. The van der Waals surface area contributed by atoms with Crippen molar-refractivity contribution in [3.05, 3.63) is 65.6 Å². The topological polar surface area (TPSA) is 100 Å². The molecule has 1 aliphatic heterocycles. The Morgan fingerprint density at radius 3 is 2.44 bits per heavy atom. The highest BCUT2D eigenvalue weighted by atomic mass is 19.4. The molecule has 8 nitrogen and oxygen atoms in total. The van der Waals surface area contributed by atoms with Gasteiger partial charge in [-0.25, -0.2) is 9.48 Å². The van der Waals surface area contributed by atoms with Crippen LogP contribution in [0.4, 0.5) is 13.2 Å². The summed E-state index contributed by atoms with van der Waals surface area (Å²) in [5, 5.41) is 15.0. The molecule has 3 aromatic rings. The van der Waals surface area contributed by atoms with Gasteiger partial charge in [-0.3, -0.25) is 9.78 Å². The number of aryl methyl sites for hydroxylation is 2. The van der Waals surface area contributed by atoms with Crippen LogP contribution in [0.15, 0.2) is 48.7 Å². The van der Waals surface area contributed by atoms with Crippen LogP contribution in [0, 0.1) is 19.8 Å². The summed E-state index contributed by atoms with van der Waals surface area (Å²) in [5.74, 6) is -2.20. The molecule has 1 amide bonds. The molecule has 11 heteroatoms. The van der Waals surface area contributed by atoms with E-state index in [0.717, 1.165) is 54.4 Å². The zero-order valence-corrected chi connectivity index (χ0v) is 20.2. The molecular formula is C25H28F3N5O3. The molecule has 1 aromatic carbocycles. The van der Waals surface area contributed by atoms with E-state index in [1.807, 2.05) is 55.9 Å². The number of nitrogens with zero attached hydrogens (tertiary/aromatic N) is 4. The number of rotatable bonds is 5. The number of carboxylic acids is 1. The molecule has 1 saturated heterocycles. The van der Waals surface area contributed by atoms with E-state index >= 15 is 0 Å². The summed E-state index contributed by atoms with van der Waals surface area (Å²) in [6, 6.07) is 14.0. The maximum atomic E-state index is 12.7. The SMILES string of the molecule is Cc1cc(C)n(-c2cccc(-c3ccc(C(=O)N(C)CC4CCNC4)cn3)c2)n1.O=C(O)C(F)(F)F. The number of carbonyl (C=O) groups excluding carboxylic acids is 1. The van der Waals surface area contributed by atoms with Gasteiger partial charge in [-0.05, 0) is 69.6 Å². The molecule has 1 unspecified atom stereocenters. The second kappa shape index (κ2) is 11.3. The maximum absolute atomic E-state index is 12.7. The highest BCUT2D eigenvalue weighted by Crippen LogP contribution is 2.22. The van der Waals surface area contributed by atoms with Crippen LogP contribution in [0.5, 0.6) is 0 Å². The van der Waals surface area contributed by atoms with E-state index in [9.17, 15) is 18.0 Å². The number of pyridine rings is 1. The highest BCUT2D eigenvalue weighted by molar-refractivity contribution is 5.94. The summed E-state index contributed by atoms with van der Waals surface area (Å²) in [6.07, 6.45) is -2.28. The Balaban J connectivity index is 0.000000454. The molecule has 192 valence electrons. The summed E-state index contributed by atoms with van der Waals surface area (Å²) in [4.78, 5) is 28.0. The van der Waals surface area contributed by atoms with Crippen molar-refractivity contribution in [2.24, 2.45) is 5.92 Å². The van der Waals surface area contributed by atoms with Gasteiger partial charge in [0.2, 0.25) is 0 Å². The Morgan fingerprint density at radius 1 is 1.19 bits per heavy atom. The largest absolute Gasteiger partial charge is 0.490 e. The van der Waals surface area contributed by atoms with E-state index in [4.69, 9.17) is 9.90 Å². The van der Waals surface area contributed by atoms with E-state index in [1.165, 1.54) is 0 Å². The van der Waals surface area contributed by atoms with Gasteiger partial charge in [-0.2, -0.15) is 18.3 Å². The Labute approximate surface area is 206 Å². The van der Waals surface area contributed by atoms with Gasteiger partial charge in [-0.1, -0.05) is 12.1 Å². The number of aliphatic carboxylic acids is 1. The standard InChI is InChI=1S/C23H27N5O.C2HF3O2/c1-16-11-17(2)28(26-16)21-6-4-5-19(12-21)22-8-7-20(14-25-22)23(29)27(3)15-18-9-10-24-13-18;3-2(4,5)1(6)7/h4-8,11-12,14,18,24H,9-10,13,15H2,1-3H3;(H,6,7). The number of halogens is 3. The van der Waals surface area contributed by atoms with Gasteiger partial charge < -0.3 is 15.3 Å². The fourth-order valence-corrected chi connectivity index (χ4v) is 3.94.